The van der Waals surface area contributed by atoms with Gasteiger partial charge >= 0.3 is 18.2 Å². The van der Waals surface area contributed by atoms with Gasteiger partial charge in [-0.25, -0.2) is 4.79 Å². The molecule has 0 aromatic rings. The minimum Gasteiger partial charge on any atom is -0.481 e. The van der Waals surface area contributed by atoms with E-state index in [0.29, 0.717) is 0 Å². The van der Waals surface area contributed by atoms with Crippen LogP contribution in [0.25, 0.3) is 0 Å². The van der Waals surface area contributed by atoms with Crippen LogP contribution in [0, 0.1) is 5.92 Å². The van der Waals surface area contributed by atoms with Gasteiger partial charge in [0.15, 0.2) is 6.61 Å². The number of alkyl carbamates (subject to hydrolysis) is 1. The molecule has 100 valence electrons. The minimum atomic E-state index is -4.60. The number of aliphatic carboxylic acids is 1. The fourth-order valence-electron chi connectivity index (χ4n) is 0.982. The maximum atomic E-state index is 11.7. The van der Waals surface area contributed by atoms with E-state index in [1.807, 2.05) is 0 Å². The fourth-order valence-corrected chi connectivity index (χ4v) is 0.982. The van der Waals surface area contributed by atoms with E-state index in [1.165, 1.54) is 0 Å². The predicted octanol–water partition coefficient (Wildman–Crippen LogP) is 1.77. The lowest BCUT2D eigenvalue weighted by molar-refractivity contribution is -0.160. The lowest BCUT2D eigenvalue weighted by Gasteiger charge is -2.20. The number of amides is 1. The molecule has 0 saturated heterocycles. The van der Waals surface area contributed by atoms with E-state index in [-0.39, 0.29) is 12.3 Å². The molecule has 2 N–H and O–H groups in total. The van der Waals surface area contributed by atoms with Crippen molar-refractivity contribution in [3.63, 3.8) is 0 Å². The zero-order chi connectivity index (χ0) is 13.6. The van der Waals surface area contributed by atoms with E-state index in [4.69, 9.17) is 5.11 Å². The van der Waals surface area contributed by atoms with E-state index in [2.05, 4.69) is 10.1 Å². The van der Waals surface area contributed by atoms with Crippen molar-refractivity contribution in [1.29, 1.82) is 0 Å². The van der Waals surface area contributed by atoms with Crippen molar-refractivity contribution < 1.29 is 32.6 Å². The molecule has 0 rings (SSSR count). The number of carboxylic acid groups (broad SMARTS) is 1. The third-order valence-corrected chi connectivity index (χ3v) is 1.87. The Hall–Kier alpha value is -1.47. The van der Waals surface area contributed by atoms with E-state index >= 15 is 0 Å². The number of nitrogens with one attached hydrogen (secondary N) is 1. The Morgan fingerprint density at radius 1 is 1.35 bits per heavy atom. The number of rotatable bonds is 5. The lowest BCUT2D eigenvalue weighted by atomic mass is 10.0. The van der Waals surface area contributed by atoms with Crippen LogP contribution in [0.3, 0.4) is 0 Å². The van der Waals surface area contributed by atoms with Gasteiger partial charge in [-0.15, -0.1) is 0 Å². The van der Waals surface area contributed by atoms with Gasteiger partial charge in [0.2, 0.25) is 0 Å². The first kappa shape index (κ1) is 15.5. The molecule has 0 fully saturated rings. The van der Waals surface area contributed by atoms with Crippen LogP contribution in [-0.4, -0.2) is 36.0 Å². The third kappa shape index (κ3) is 8.35. The summed E-state index contributed by atoms with van der Waals surface area (Å²) in [6, 6.07) is -0.770. The molecule has 1 atom stereocenters. The monoisotopic (exact) mass is 257 g/mol. The second-order valence-electron chi connectivity index (χ2n) is 3.78. The van der Waals surface area contributed by atoms with Crippen molar-refractivity contribution in [2.75, 3.05) is 6.61 Å². The predicted molar refractivity (Wildman–Crippen MR) is 51.4 cm³/mol. The van der Waals surface area contributed by atoms with Crippen molar-refractivity contribution in [2.24, 2.45) is 5.92 Å². The average Bonchev–Trinajstić information content (AvgIpc) is 2.11. The number of hydrogen-bond acceptors (Lipinski definition) is 3. The van der Waals surface area contributed by atoms with Crippen LogP contribution < -0.4 is 5.32 Å². The summed E-state index contributed by atoms with van der Waals surface area (Å²) < 4.78 is 39.1. The number of alkyl halides is 3. The van der Waals surface area contributed by atoms with E-state index < -0.39 is 30.9 Å². The first-order valence-corrected chi connectivity index (χ1v) is 4.83. The first-order chi connectivity index (χ1) is 7.61. The van der Waals surface area contributed by atoms with Gasteiger partial charge in [0.1, 0.15) is 0 Å². The summed E-state index contributed by atoms with van der Waals surface area (Å²) in [4.78, 5) is 21.4. The minimum absolute atomic E-state index is 0.232. The molecule has 0 aliphatic carbocycles. The molecule has 5 nitrogen and oxygen atoms in total. The quantitative estimate of drug-likeness (QED) is 0.787. The zero-order valence-electron chi connectivity index (χ0n) is 9.37. The number of carbonyl (C=O) groups is 2. The molecule has 1 unspecified atom stereocenters. The second-order valence-corrected chi connectivity index (χ2v) is 3.78. The van der Waals surface area contributed by atoms with Crippen LogP contribution in [0.2, 0.25) is 0 Å². The Morgan fingerprint density at radius 2 is 1.88 bits per heavy atom. The number of halogens is 3. The maximum absolute atomic E-state index is 11.7. The SMILES string of the molecule is CC(C)C(CC(=O)O)NC(=O)OCC(F)(F)F. The van der Waals surface area contributed by atoms with Crippen molar-refractivity contribution in [3.05, 3.63) is 0 Å². The molecule has 0 radical (unpaired) electrons. The zero-order valence-corrected chi connectivity index (χ0v) is 9.37. The highest BCUT2D eigenvalue weighted by Crippen LogP contribution is 2.14. The second kappa shape index (κ2) is 6.31. The summed E-state index contributed by atoms with van der Waals surface area (Å²) >= 11 is 0. The molecule has 1 amide bonds. The van der Waals surface area contributed by atoms with Crippen LogP contribution in [0.15, 0.2) is 0 Å². The van der Waals surface area contributed by atoms with Crippen LogP contribution in [-0.2, 0) is 9.53 Å². The summed E-state index contributed by atoms with van der Waals surface area (Å²) in [5.74, 6) is -1.38. The summed E-state index contributed by atoms with van der Waals surface area (Å²) in [5.41, 5.74) is 0. The standard InChI is InChI=1S/C9H14F3NO4/c1-5(2)6(3-7(14)15)13-8(16)17-4-9(10,11)12/h5-6H,3-4H2,1-2H3,(H,13,16)(H,14,15). The van der Waals surface area contributed by atoms with Gasteiger partial charge in [-0.3, -0.25) is 4.79 Å². The summed E-state index contributed by atoms with van der Waals surface area (Å²) in [7, 11) is 0. The summed E-state index contributed by atoms with van der Waals surface area (Å²) in [6.07, 6.45) is -6.25. The Balaban J connectivity index is 4.18. The van der Waals surface area contributed by atoms with Crippen molar-refractivity contribution in [2.45, 2.75) is 32.5 Å². The molecule has 0 saturated carbocycles. The van der Waals surface area contributed by atoms with Crippen LogP contribution >= 0.6 is 0 Å². The van der Waals surface area contributed by atoms with Crippen LogP contribution in [0.5, 0.6) is 0 Å². The molecular formula is C9H14F3NO4. The number of ether oxygens (including phenoxy) is 1. The molecule has 0 bridgehead atoms. The van der Waals surface area contributed by atoms with Crippen LogP contribution in [0.1, 0.15) is 20.3 Å². The highest BCUT2D eigenvalue weighted by molar-refractivity contribution is 5.71. The topological polar surface area (TPSA) is 75.6 Å². The third-order valence-electron chi connectivity index (χ3n) is 1.87. The smallest absolute Gasteiger partial charge is 0.422 e. The van der Waals surface area contributed by atoms with E-state index in [1.54, 1.807) is 13.8 Å². The normalized spacial score (nSPS) is 13.3. The van der Waals surface area contributed by atoms with Crippen molar-refractivity contribution in [3.8, 4) is 0 Å². The molecule has 17 heavy (non-hydrogen) atoms. The Morgan fingerprint density at radius 3 is 2.24 bits per heavy atom. The van der Waals surface area contributed by atoms with Gasteiger partial charge in [-0.1, -0.05) is 13.8 Å². The lowest BCUT2D eigenvalue weighted by Crippen LogP contribution is -2.41. The molecule has 0 aromatic carbocycles. The fraction of sp³-hybridized carbons (Fsp3) is 0.778. The Bertz CT molecular complexity index is 278. The molecule has 0 heterocycles. The molecule has 0 aromatic heterocycles. The highest BCUT2D eigenvalue weighted by atomic mass is 19.4. The highest BCUT2D eigenvalue weighted by Gasteiger charge is 2.30. The Kier molecular flexibility index (Phi) is 5.77. The van der Waals surface area contributed by atoms with Gasteiger partial charge in [-0.2, -0.15) is 13.2 Å². The molecule has 8 heteroatoms. The van der Waals surface area contributed by atoms with Gasteiger partial charge in [0.25, 0.3) is 0 Å². The van der Waals surface area contributed by atoms with Gasteiger partial charge in [0.05, 0.1) is 6.42 Å². The number of hydrogen-bond donors (Lipinski definition) is 2. The van der Waals surface area contributed by atoms with Gasteiger partial charge < -0.3 is 15.2 Å². The average molecular weight is 257 g/mol. The van der Waals surface area contributed by atoms with Crippen molar-refractivity contribution >= 4 is 12.1 Å². The molecule has 0 aliphatic rings. The Labute approximate surface area is 95.9 Å². The largest absolute Gasteiger partial charge is 0.481 e. The summed E-state index contributed by atoms with van der Waals surface area (Å²) in [6.45, 7) is 1.58. The van der Waals surface area contributed by atoms with Gasteiger partial charge in [-0.05, 0) is 5.92 Å². The van der Waals surface area contributed by atoms with Gasteiger partial charge in [0, 0.05) is 6.04 Å². The molecule has 0 aliphatic heterocycles. The van der Waals surface area contributed by atoms with Crippen molar-refractivity contribution in [1.82, 2.24) is 5.32 Å². The molecule has 0 spiro atoms. The maximum Gasteiger partial charge on any atom is 0.422 e. The first-order valence-electron chi connectivity index (χ1n) is 4.83. The number of carbonyl (C=O) groups excluding carboxylic acids is 1. The summed E-state index contributed by atoms with van der Waals surface area (Å²) in [5, 5.41) is 10.6. The van der Waals surface area contributed by atoms with E-state index in [0.717, 1.165) is 0 Å². The van der Waals surface area contributed by atoms with E-state index in [9.17, 15) is 22.8 Å². The molecular weight excluding hydrogens is 243 g/mol. The van der Waals surface area contributed by atoms with Crippen LogP contribution in [0.4, 0.5) is 18.0 Å². The number of carboxylic acids is 1.